The molecule has 27 heavy (non-hydrogen) atoms. The van der Waals surface area contributed by atoms with Crippen LogP contribution in [-0.2, 0) is 4.74 Å². The predicted octanol–water partition coefficient (Wildman–Crippen LogP) is 2.92. The van der Waals surface area contributed by atoms with E-state index in [1.54, 1.807) is 7.11 Å². The lowest BCUT2D eigenvalue weighted by Crippen LogP contribution is -2.43. The number of ether oxygens (including phenoxy) is 2. The summed E-state index contributed by atoms with van der Waals surface area (Å²) in [6.07, 6.45) is 6.30. The number of halogens is 1. The van der Waals surface area contributed by atoms with Crippen molar-refractivity contribution in [2.24, 2.45) is 10.7 Å². The Morgan fingerprint density at radius 3 is 2.52 bits per heavy atom. The molecule has 0 bridgehead atoms. The highest BCUT2D eigenvalue weighted by Gasteiger charge is 2.23. The van der Waals surface area contributed by atoms with Crippen LogP contribution < -0.4 is 15.8 Å². The summed E-state index contributed by atoms with van der Waals surface area (Å²) in [4.78, 5) is 7.12. The van der Waals surface area contributed by atoms with Crippen LogP contribution >= 0.6 is 24.0 Å². The maximum atomic E-state index is 6.18. The highest BCUT2D eigenvalue weighted by atomic mass is 127. The van der Waals surface area contributed by atoms with Crippen LogP contribution in [0.25, 0.3) is 0 Å². The van der Waals surface area contributed by atoms with Crippen LogP contribution in [0.5, 0.6) is 5.75 Å². The number of hydrogen-bond donors (Lipinski definition) is 2. The first-order valence-electron chi connectivity index (χ1n) is 9.78. The fourth-order valence-corrected chi connectivity index (χ4v) is 3.83. The third kappa shape index (κ3) is 6.80. The minimum Gasteiger partial charge on any atom is -0.497 e. The predicted molar refractivity (Wildman–Crippen MR) is 120 cm³/mol. The average molecular weight is 488 g/mol. The van der Waals surface area contributed by atoms with E-state index in [2.05, 4.69) is 27.3 Å². The number of morpholine rings is 1. The van der Waals surface area contributed by atoms with Crippen LogP contribution in [0.2, 0.25) is 0 Å². The highest BCUT2D eigenvalue weighted by Crippen LogP contribution is 2.24. The normalized spacial score (nSPS) is 20.6. The minimum absolute atomic E-state index is 0. The molecule has 152 valence electrons. The maximum Gasteiger partial charge on any atom is 0.188 e. The zero-order valence-electron chi connectivity index (χ0n) is 16.2. The summed E-state index contributed by atoms with van der Waals surface area (Å²) >= 11 is 0. The molecule has 1 aromatic rings. The fourth-order valence-electron chi connectivity index (χ4n) is 3.83. The van der Waals surface area contributed by atoms with Gasteiger partial charge in [0.05, 0.1) is 32.9 Å². The second kappa shape index (κ2) is 11.7. The number of methoxy groups -OCH3 is 1. The van der Waals surface area contributed by atoms with E-state index in [0.29, 0.717) is 18.5 Å². The molecule has 1 aliphatic carbocycles. The summed E-state index contributed by atoms with van der Waals surface area (Å²) in [5, 5.41) is 3.41. The van der Waals surface area contributed by atoms with Gasteiger partial charge < -0.3 is 20.5 Å². The number of nitrogens with zero attached hydrogens (tertiary/aromatic N) is 2. The molecule has 3 rings (SSSR count). The van der Waals surface area contributed by atoms with Gasteiger partial charge in [-0.05, 0) is 30.5 Å². The third-order valence-electron chi connectivity index (χ3n) is 5.38. The molecule has 3 N–H and O–H groups in total. The Labute approximate surface area is 179 Å². The standard InChI is InChI=1S/C20H32N4O2.HI/c1-25-18-9-7-16(8-10-18)19(24-11-13-26-14-12-24)15-22-20(21)23-17-5-3-2-4-6-17;/h7-10,17,19H,2-6,11-15H2,1H3,(H3,21,22,23);1H. The Morgan fingerprint density at radius 2 is 1.89 bits per heavy atom. The topological polar surface area (TPSA) is 72.1 Å². The summed E-state index contributed by atoms with van der Waals surface area (Å²) < 4.78 is 10.8. The molecular formula is C20H33IN4O2. The molecule has 1 heterocycles. The summed E-state index contributed by atoms with van der Waals surface area (Å²) in [6, 6.07) is 8.96. The van der Waals surface area contributed by atoms with E-state index >= 15 is 0 Å². The van der Waals surface area contributed by atoms with Gasteiger partial charge in [-0.1, -0.05) is 31.4 Å². The summed E-state index contributed by atoms with van der Waals surface area (Å²) in [5.74, 6) is 1.44. The molecule has 0 aromatic heterocycles. The first-order valence-corrected chi connectivity index (χ1v) is 9.78. The van der Waals surface area contributed by atoms with Crippen molar-refractivity contribution < 1.29 is 9.47 Å². The summed E-state index contributed by atoms with van der Waals surface area (Å²) in [6.45, 7) is 4.03. The number of nitrogens with one attached hydrogen (secondary N) is 1. The van der Waals surface area contributed by atoms with Gasteiger partial charge in [0.2, 0.25) is 0 Å². The van der Waals surface area contributed by atoms with Crippen LogP contribution in [0.15, 0.2) is 29.3 Å². The van der Waals surface area contributed by atoms with Crippen LogP contribution in [0.3, 0.4) is 0 Å². The zero-order valence-corrected chi connectivity index (χ0v) is 18.6. The van der Waals surface area contributed by atoms with Crippen molar-refractivity contribution >= 4 is 29.9 Å². The second-order valence-electron chi connectivity index (χ2n) is 7.14. The van der Waals surface area contributed by atoms with Gasteiger partial charge >= 0.3 is 0 Å². The van der Waals surface area contributed by atoms with Crippen molar-refractivity contribution in [3.8, 4) is 5.75 Å². The second-order valence-corrected chi connectivity index (χ2v) is 7.14. The first kappa shape index (κ1) is 22.2. The van der Waals surface area contributed by atoms with Gasteiger partial charge in [0, 0.05) is 19.1 Å². The smallest absolute Gasteiger partial charge is 0.188 e. The molecule has 1 unspecified atom stereocenters. The third-order valence-corrected chi connectivity index (χ3v) is 5.38. The Bertz CT molecular complexity index is 570. The monoisotopic (exact) mass is 488 g/mol. The molecule has 6 nitrogen and oxygen atoms in total. The first-order chi connectivity index (χ1) is 12.8. The average Bonchev–Trinajstić information content (AvgIpc) is 2.70. The molecule has 1 saturated carbocycles. The van der Waals surface area contributed by atoms with E-state index in [4.69, 9.17) is 15.2 Å². The lowest BCUT2D eigenvalue weighted by molar-refractivity contribution is 0.0179. The number of hydrogen-bond acceptors (Lipinski definition) is 4. The van der Waals surface area contributed by atoms with Crippen molar-refractivity contribution in [2.75, 3.05) is 40.0 Å². The molecule has 1 aliphatic heterocycles. The number of nitrogens with two attached hydrogens (primary N) is 1. The number of guanidine groups is 1. The van der Waals surface area contributed by atoms with Crippen LogP contribution in [-0.4, -0.2) is 56.9 Å². The Balaban J connectivity index is 0.00000261. The zero-order chi connectivity index (χ0) is 18.2. The van der Waals surface area contributed by atoms with E-state index in [1.807, 2.05) is 12.1 Å². The molecule has 1 aromatic carbocycles. The van der Waals surface area contributed by atoms with E-state index in [1.165, 1.54) is 37.7 Å². The SMILES string of the molecule is COc1ccc(C(CN=C(N)NC2CCCCC2)N2CCOCC2)cc1.I. The van der Waals surface area contributed by atoms with Gasteiger partial charge in [-0.2, -0.15) is 0 Å². The van der Waals surface area contributed by atoms with E-state index in [0.717, 1.165) is 32.1 Å². The van der Waals surface area contributed by atoms with E-state index < -0.39 is 0 Å². The van der Waals surface area contributed by atoms with E-state index in [9.17, 15) is 0 Å². The molecule has 0 radical (unpaired) electrons. The van der Waals surface area contributed by atoms with Crippen LogP contribution in [0, 0.1) is 0 Å². The van der Waals surface area contributed by atoms with Gasteiger partial charge in [-0.25, -0.2) is 0 Å². The fraction of sp³-hybridized carbons (Fsp3) is 0.650. The maximum absolute atomic E-state index is 6.18. The van der Waals surface area contributed by atoms with Crippen molar-refractivity contribution in [1.29, 1.82) is 0 Å². The molecule has 1 saturated heterocycles. The Morgan fingerprint density at radius 1 is 1.22 bits per heavy atom. The van der Waals surface area contributed by atoms with Crippen molar-refractivity contribution in [3.63, 3.8) is 0 Å². The van der Waals surface area contributed by atoms with Gasteiger partial charge in [0.1, 0.15) is 5.75 Å². The molecular weight excluding hydrogens is 455 g/mol. The Hall–Kier alpha value is -1.06. The summed E-state index contributed by atoms with van der Waals surface area (Å²) in [5.41, 5.74) is 7.42. The Kier molecular flexibility index (Phi) is 9.64. The summed E-state index contributed by atoms with van der Waals surface area (Å²) in [7, 11) is 1.69. The van der Waals surface area contributed by atoms with Gasteiger partial charge in [-0.15, -0.1) is 24.0 Å². The van der Waals surface area contributed by atoms with Gasteiger partial charge in [0.15, 0.2) is 5.96 Å². The van der Waals surface area contributed by atoms with Crippen molar-refractivity contribution in [2.45, 2.75) is 44.2 Å². The highest BCUT2D eigenvalue weighted by molar-refractivity contribution is 14.0. The van der Waals surface area contributed by atoms with Gasteiger partial charge in [0.25, 0.3) is 0 Å². The molecule has 7 heteroatoms. The lowest BCUT2D eigenvalue weighted by atomic mass is 9.96. The molecule has 0 spiro atoms. The largest absolute Gasteiger partial charge is 0.497 e. The molecule has 1 atom stereocenters. The van der Waals surface area contributed by atoms with Crippen LogP contribution in [0.4, 0.5) is 0 Å². The number of aliphatic imine (C=N–C) groups is 1. The van der Waals surface area contributed by atoms with E-state index in [-0.39, 0.29) is 30.0 Å². The van der Waals surface area contributed by atoms with Crippen molar-refractivity contribution in [1.82, 2.24) is 10.2 Å². The minimum atomic E-state index is 0. The van der Waals surface area contributed by atoms with Gasteiger partial charge in [-0.3, -0.25) is 9.89 Å². The number of rotatable bonds is 6. The number of benzene rings is 1. The molecule has 2 fully saturated rings. The van der Waals surface area contributed by atoms with Crippen LogP contribution in [0.1, 0.15) is 43.7 Å². The lowest BCUT2D eigenvalue weighted by Gasteiger charge is -2.34. The quantitative estimate of drug-likeness (QED) is 0.366. The molecule has 0 amide bonds. The molecule has 2 aliphatic rings. The van der Waals surface area contributed by atoms with Crippen molar-refractivity contribution in [3.05, 3.63) is 29.8 Å².